The van der Waals surface area contributed by atoms with E-state index in [1.54, 1.807) is 30.3 Å². The maximum atomic E-state index is 12.5. The lowest BCUT2D eigenvalue weighted by atomic mass is 10.1. The van der Waals surface area contributed by atoms with E-state index in [0.29, 0.717) is 28.1 Å². The summed E-state index contributed by atoms with van der Waals surface area (Å²) in [6, 6.07) is 14.6. The van der Waals surface area contributed by atoms with Gasteiger partial charge < -0.3 is 15.2 Å². The zero-order chi connectivity index (χ0) is 22.9. The fraction of sp³-hybridized carbons (Fsp3) is 0.217. The van der Waals surface area contributed by atoms with Crippen LogP contribution in [0.4, 0.5) is 5.69 Å². The molecule has 166 valence electrons. The number of amides is 2. The van der Waals surface area contributed by atoms with E-state index < -0.39 is 0 Å². The van der Waals surface area contributed by atoms with Gasteiger partial charge in [0.1, 0.15) is 0 Å². The van der Waals surface area contributed by atoms with Crippen molar-refractivity contribution in [2.24, 2.45) is 0 Å². The second kappa shape index (κ2) is 11.5. The molecule has 1 aromatic heterocycles. The summed E-state index contributed by atoms with van der Waals surface area (Å²) in [6.45, 7) is 6.44. The Kier molecular flexibility index (Phi) is 8.47. The number of benzene rings is 2. The van der Waals surface area contributed by atoms with Gasteiger partial charge in [-0.15, -0.1) is 16.8 Å². The molecule has 0 aliphatic rings. The van der Waals surface area contributed by atoms with Crippen molar-refractivity contribution in [1.29, 1.82) is 0 Å². The van der Waals surface area contributed by atoms with E-state index in [-0.39, 0.29) is 24.1 Å². The third-order valence-electron chi connectivity index (χ3n) is 4.64. The summed E-state index contributed by atoms with van der Waals surface area (Å²) < 4.78 is 1.82. The molecule has 1 heterocycles. The molecular formula is C23H24ClN5O2S. The lowest BCUT2D eigenvalue weighted by molar-refractivity contribution is -0.113. The smallest absolute Gasteiger partial charge is 0.253 e. The van der Waals surface area contributed by atoms with Crippen LogP contribution in [0, 0.1) is 0 Å². The number of nitrogens with one attached hydrogen (secondary N) is 2. The minimum atomic E-state index is -0.299. The monoisotopic (exact) mass is 469 g/mol. The van der Waals surface area contributed by atoms with Crippen molar-refractivity contribution in [3.05, 3.63) is 83.2 Å². The Hall–Kier alpha value is -3.10. The number of allylic oxidation sites excluding steroid dienone is 1. The molecule has 2 amide bonds. The zero-order valence-corrected chi connectivity index (χ0v) is 19.2. The molecule has 0 bridgehead atoms. The topological polar surface area (TPSA) is 88.9 Å². The highest BCUT2D eigenvalue weighted by Crippen LogP contribution is 2.20. The molecule has 0 spiro atoms. The number of carbonyl (C=O) groups excluding carboxylic acids is 2. The van der Waals surface area contributed by atoms with Crippen LogP contribution in [0.15, 0.2) is 66.3 Å². The van der Waals surface area contributed by atoms with E-state index in [1.807, 2.05) is 35.8 Å². The van der Waals surface area contributed by atoms with Gasteiger partial charge in [-0.1, -0.05) is 66.7 Å². The first-order valence-electron chi connectivity index (χ1n) is 10.1. The van der Waals surface area contributed by atoms with E-state index >= 15 is 0 Å². The second-order valence-electron chi connectivity index (χ2n) is 6.81. The molecule has 2 N–H and O–H groups in total. The lowest BCUT2D eigenvalue weighted by Crippen LogP contribution is -2.25. The summed E-state index contributed by atoms with van der Waals surface area (Å²) in [5.74, 6) is 0.313. The molecular weight excluding hydrogens is 446 g/mol. The number of hydrogen-bond donors (Lipinski definition) is 2. The van der Waals surface area contributed by atoms with E-state index in [1.165, 1.54) is 11.8 Å². The van der Waals surface area contributed by atoms with Crippen LogP contribution in [-0.4, -0.2) is 32.3 Å². The highest BCUT2D eigenvalue weighted by Gasteiger charge is 2.16. The predicted molar refractivity (Wildman–Crippen MR) is 128 cm³/mol. The van der Waals surface area contributed by atoms with Gasteiger partial charge in [0.25, 0.3) is 5.91 Å². The van der Waals surface area contributed by atoms with Gasteiger partial charge in [-0.25, -0.2) is 0 Å². The van der Waals surface area contributed by atoms with Crippen LogP contribution >= 0.6 is 23.4 Å². The van der Waals surface area contributed by atoms with Crippen LogP contribution in [-0.2, 0) is 24.3 Å². The first-order valence-corrected chi connectivity index (χ1v) is 11.5. The predicted octanol–water partition coefficient (Wildman–Crippen LogP) is 4.34. The number of aryl methyl sites for hydroxylation is 1. The van der Waals surface area contributed by atoms with Gasteiger partial charge in [0.2, 0.25) is 5.91 Å². The van der Waals surface area contributed by atoms with Crippen molar-refractivity contribution in [1.82, 2.24) is 20.1 Å². The number of nitrogens with zero attached hydrogens (tertiary/aromatic N) is 3. The molecule has 9 heteroatoms. The van der Waals surface area contributed by atoms with Crippen LogP contribution < -0.4 is 10.6 Å². The molecule has 7 nitrogen and oxygen atoms in total. The summed E-state index contributed by atoms with van der Waals surface area (Å²) in [6.07, 6.45) is 2.55. The molecule has 32 heavy (non-hydrogen) atoms. The van der Waals surface area contributed by atoms with Gasteiger partial charge in [0.05, 0.1) is 22.9 Å². The van der Waals surface area contributed by atoms with Crippen molar-refractivity contribution < 1.29 is 9.59 Å². The summed E-state index contributed by atoms with van der Waals surface area (Å²) in [4.78, 5) is 24.9. The van der Waals surface area contributed by atoms with Crippen molar-refractivity contribution in [3.63, 3.8) is 0 Å². The zero-order valence-electron chi connectivity index (χ0n) is 17.7. The normalized spacial score (nSPS) is 10.6. The number of hydrogen-bond acceptors (Lipinski definition) is 5. The average molecular weight is 470 g/mol. The van der Waals surface area contributed by atoms with Crippen LogP contribution in [0.1, 0.15) is 28.7 Å². The highest BCUT2D eigenvalue weighted by molar-refractivity contribution is 7.99. The summed E-state index contributed by atoms with van der Waals surface area (Å²) in [5, 5.41) is 15.1. The standard InChI is InChI=1S/C23H24ClN5O2S/c1-3-13-29-20(14-25-22(31)17-10-6-7-11-18(17)24)27-28-23(29)32-15-21(30)26-19-12-8-5-9-16(19)4-2/h3,5-12H,1,4,13-15H2,2H3,(H,25,31)(H,26,30). The molecule has 2 aromatic carbocycles. The molecule has 0 saturated heterocycles. The van der Waals surface area contributed by atoms with Gasteiger partial charge in [0, 0.05) is 12.2 Å². The number of rotatable bonds is 10. The molecule has 0 aliphatic carbocycles. The Balaban J connectivity index is 1.63. The third kappa shape index (κ3) is 5.99. The number of para-hydroxylation sites is 1. The van der Waals surface area contributed by atoms with Crippen LogP contribution in [0.5, 0.6) is 0 Å². The number of aromatic nitrogens is 3. The first-order chi connectivity index (χ1) is 15.5. The lowest BCUT2D eigenvalue weighted by Gasteiger charge is -2.11. The van der Waals surface area contributed by atoms with Gasteiger partial charge in [-0.2, -0.15) is 0 Å². The Morgan fingerprint density at radius 2 is 1.91 bits per heavy atom. The van der Waals surface area contributed by atoms with Crippen LogP contribution in [0.2, 0.25) is 5.02 Å². The van der Waals surface area contributed by atoms with Gasteiger partial charge in [0.15, 0.2) is 11.0 Å². The maximum Gasteiger partial charge on any atom is 0.253 e. The minimum Gasteiger partial charge on any atom is -0.345 e. The molecule has 0 radical (unpaired) electrons. The van der Waals surface area contributed by atoms with Gasteiger partial charge in [-0.3, -0.25) is 9.59 Å². The van der Waals surface area contributed by atoms with E-state index in [2.05, 4.69) is 27.4 Å². The molecule has 0 atom stereocenters. The Labute approximate surface area is 196 Å². The molecule has 0 fully saturated rings. The summed E-state index contributed by atoms with van der Waals surface area (Å²) in [7, 11) is 0. The quantitative estimate of drug-likeness (QED) is 0.340. The SMILES string of the molecule is C=CCn1c(CNC(=O)c2ccccc2Cl)nnc1SCC(=O)Nc1ccccc1CC. The number of halogens is 1. The number of thioether (sulfide) groups is 1. The molecule has 0 aliphatic heterocycles. The van der Waals surface area contributed by atoms with Crippen molar-refractivity contribution >= 4 is 40.9 Å². The largest absolute Gasteiger partial charge is 0.345 e. The third-order valence-corrected chi connectivity index (χ3v) is 5.93. The molecule has 3 aromatic rings. The summed E-state index contributed by atoms with van der Waals surface area (Å²) in [5.41, 5.74) is 2.29. The Bertz CT molecular complexity index is 1120. The van der Waals surface area contributed by atoms with Gasteiger partial charge >= 0.3 is 0 Å². The highest BCUT2D eigenvalue weighted by atomic mass is 35.5. The fourth-order valence-corrected chi connectivity index (χ4v) is 4.02. The van der Waals surface area contributed by atoms with Crippen LogP contribution in [0.3, 0.4) is 0 Å². The molecule has 0 unspecified atom stereocenters. The van der Waals surface area contributed by atoms with E-state index in [4.69, 9.17) is 11.6 Å². The van der Waals surface area contributed by atoms with E-state index in [9.17, 15) is 9.59 Å². The van der Waals surface area contributed by atoms with Crippen LogP contribution in [0.25, 0.3) is 0 Å². The molecule has 0 saturated carbocycles. The molecule has 3 rings (SSSR count). The fourth-order valence-electron chi connectivity index (χ4n) is 3.04. The minimum absolute atomic E-state index is 0.127. The maximum absolute atomic E-state index is 12.5. The average Bonchev–Trinajstić information content (AvgIpc) is 3.18. The first kappa shape index (κ1) is 23.6. The van der Waals surface area contributed by atoms with Gasteiger partial charge in [-0.05, 0) is 30.2 Å². The van der Waals surface area contributed by atoms with Crippen molar-refractivity contribution in [3.8, 4) is 0 Å². The number of carbonyl (C=O) groups is 2. The van der Waals surface area contributed by atoms with Crippen molar-refractivity contribution in [2.75, 3.05) is 11.1 Å². The Morgan fingerprint density at radius 3 is 2.66 bits per heavy atom. The van der Waals surface area contributed by atoms with E-state index in [0.717, 1.165) is 17.7 Å². The van der Waals surface area contributed by atoms with Crippen molar-refractivity contribution in [2.45, 2.75) is 31.6 Å². The second-order valence-corrected chi connectivity index (χ2v) is 8.16. The summed E-state index contributed by atoms with van der Waals surface area (Å²) >= 11 is 7.36. The Morgan fingerprint density at radius 1 is 1.16 bits per heavy atom. The number of anilines is 1.